The lowest BCUT2D eigenvalue weighted by Gasteiger charge is -2.20. The molecule has 1 heterocycles. The molecule has 2 aromatic rings. The van der Waals surface area contributed by atoms with Crippen LogP contribution in [0.3, 0.4) is 0 Å². The van der Waals surface area contributed by atoms with Crippen molar-refractivity contribution in [2.45, 2.75) is 26.8 Å². The molecule has 1 aliphatic heterocycles. The van der Waals surface area contributed by atoms with Crippen LogP contribution in [0.5, 0.6) is 0 Å². The summed E-state index contributed by atoms with van der Waals surface area (Å²) in [5.74, 6) is 0. The van der Waals surface area contributed by atoms with E-state index in [1.54, 1.807) is 6.07 Å². The first-order chi connectivity index (χ1) is 10.2. The van der Waals surface area contributed by atoms with Gasteiger partial charge in [-0.05, 0) is 35.9 Å². The average molecular weight is 301 g/mol. The first-order valence-corrected chi connectivity index (χ1v) is 8.19. The van der Waals surface area contributed by atoms with E-state index in [4.69, 9.17) is 5.26 Å². The largest absolute Gasteiger partial charge is 0.275 e. The third-order valence-corrected chi connectivity index (χ3v) is 4.66. The fourth-order valence-corrected chi connectivity index (χ4v) is 3.59. The first-order valence-electron chi connectivity index (χ1n) is 7.08. The molecule has 0 radical (unpaired) electrons. The van der Waals surface area contributed by atoms with Crippen LogP contribution in [0.4, 0.5) is 5.69 Å². The Morgan fingerprint density at radius 1 is 1.33 bits per heavy atom. The molecular weight excluding hydrogens is 282 g/mol. The fourth-order valence-electron chi connectivity index (χ4n) is 2.36. The quantitative estimate of drug-likeness (QED) is 0.880. The zero-order chi connectivity index (χ0) is 15.4. The summed E-state index contributed by atoms with van der Waals surface area (Å²) in [6.07, 6.45) is 0. The minimum atomic E-state index is -1.17. The maximum atomic E-state index is 11.9. The van der Waals surface area contributed by atoms with Gasteiger partial charge in [-0.2, -0.15) is 5.26 Å². The first kappa shape index (κ1) is 15.5. The SMILES string of the molecule is CC.C[C@H]1CNS(=O)N1c1ccc2c(C#N)cccc2c1. The van der Waals surface area contributed by atoms with Crippen molar-refractivity contribution in [1.29, 1.82) is 5.26 Å². The Labute approximate surface area is 128 Å². The molecule has 1 unspecified atom stereocenters. The van der Waals surface area contributed by atoms with E-state index in [9.17, 15) is 4.21 Å². The predicted molar refractivity (Wildman–Crippen MR) is 88.1 cm³/mol. The summed E-state index contributed by atoms with van der Waals surface area (Å²) in [5.41, 5.74) is 1.58. The third kappa shape index (κ3) is 2.92. The molecular formula is C16H19N3OS. The lowest BCUT2D eigenvalue weighted by molar-refractivity contribution is 0.680. The number of nitriles is 1. The molecule has 110 valence electrons. The van der Waals surface area contributed by atoms with Crippen molar-refractivity contribution in [3.63, 3.8) is 0 Å². The summed E-state index contributed by atoms with van der Waals surface area (Å²) in [6.45, 7) is 6.75. The van der Waals surface area contributed by atoms with Crippen molar-refractivity contribution in [3.8, 4) is 6.07 Å². The number of rotatable bonds is 1. The average Bonchev–Trinajstić information content (AvgIpc) is 2.87. The van der Waals surface area contributed by atoms with E-state index in [0.29, 0.717) is 12.1 Å². The molecule has 2 aromatic carbocycles. The molecule has 1 saturated heterocycles. The molecule has 0 amide bonds. The normalized spacial score (nSPS) is 20.8. The van der Waals surface area contributed by atoms with Gasteiger partial charge < -0.3 is 0 Å². The lowest BCUT2D eigenvalue weighted by Crippen LogP contribution is -2.28. The van der Waals surface area contributed by atoms with Crippen molar-refractivity contribution in [1.82, 2.24) is 4.72 Å². The van der Waals surface area contributed by atoms with Gasteiger partial charge in [0.15, 0.2) is 11.2 Å². The number of hydrogen-bond acceptors (Lipinski definition) is 2. The lowest BCUT2D eigenvalue weighted by atomic mass is 10.0. The Kier molecular flexibility index (Phi) is 4.94. The molecule has 1 fully saturated rings. The van der Waals surface area contributed by atoms with E-state index in [-0.39, 0.29) is 6.04 Å². The molecule has 3 rings (SSSR count). The third-order valence-electron chi connectivity index (χ3n) is 3.32. The van der Waals surface area contributed by atoms with Gasteiger partial charge in [0.05, 0.1) is 23.4 Å². The Morgan fingerprint density at radius 3 is 2.71 bits per heavy atom. The molecule has 5 heteroatoms. The van der Waals surface area contributed by atoms with Gasteiger partial charge in [0.1, 0.15) is 0 Å². The van der Waals surface area contributed by atoms with Gasteiger partial charge in [0.25, 0.3) is 0 Å². The van der Waals surface area contributed by atoms with Crippen LogP contribution in [-0.2, 0) is 11.2 Å². The highest BCUT2D eigenvalue weighted by molar-refractivity contribution is 7.84. The second kappa shape index (κ2) is 6.70. The fraction of sp³-hybridized carbons (Fsp3) is 0.312. The van der Waals surface area contributed by atoms with Crippen molar-refractivity contribution < 1.29 is 4.21 Å². The maximum absolute atomic E-state index is 11.9. The maximum Gasteiger partial charge on any atom is 0.196 e. The van der Waals surface area contributed by atoms with Gasteiger partial charge in [-0.15, -0.1) is 0 Å². The van der Waals surface area contributed by atoms with E-state index in [2.05, 4.69) is 10.8 Å². The Bertz CT molecular complexity index is 708. The minimum absolute atomic E-state index is 0.192. The highest BCUT2D eigenvalue weighted by atomic mass is 32.2. The van der Waals surface area contributed by atoms with E-state index < -0.39 is 11.2 Å². The molecule has 21 heavy (non-hydrogen) atoms. The topological polar surface area (TPSA) is 56.1 Å². The van der Waals surface area contributed by atoms with Gasteiger partial charge in [0.2, 0.25) is 0 Å². The van der Waals surface area contributed by atoms with E-state index in [0.717, 1.165) is 16.5 Å². The second-order valence-electron chi connectivity index (χ2n) is 4.60. The molecule has 0 aliphatic carbocycles. The van der Waals surface area contributed by atoms with Crippen LogP contribution in [0.2, 0.25) is 0 Å². The number of anilines is 1. The van der Waals surface area contributed by atoms with Crippen molar-refractivity contribution in [2.75, 3.05) is 10.8 Å². The number of nitrogens with one attached hydrogen (secondary N) is 1. The van der Waals surface area contributed by atoms with Crippen molar-refractivity contribution in [2.24, 2.45) is 0 Å². The Balaban J connectivity index is 0.000000774. The molecule has 1 N–H and O–H groups in total. The molecule has 0 bridgehead atoms. The summed E-state index contributed by atoms with van der Waals surface area (Å²) in [6, 6.07) is 13.9. The monoisotopic (exact) mass is 301 g/mol. The predicted octanol–water partition coefficient (Wildman–Crippen LogP) is 3.11. The smallest absolute Gasteiger partial charge is 0.196 e. The summed E-state index contributed by atoms with van der Waals surface area (Å²) >= 11 is -1.17. The highest BCUT2D eigenvalue weighted by Crippen LogP contribution is 2.27. The standard InChI is InChI=1S/C14H13N3OS.C2H6/c1-10-9-16-19(18)17(10)13-5-6-14-11(7-13)3-2-4-12(14)8-15;1-2/h2-7,10,16H,9H2,1H3;1-2H3/t10-,19?;/m0./s1. The van der Waals surface area contributed by atoms with Crippen LogP contribution in [0.1, 0.15) is 26.3 Å². The van der Waals surface area contributed by atoms with Gasteiger partial charge in [-0.3, -0.25) is 4.31 Å². The number of benzene rings is 2. The molecule has 4 nitrogen and oxygen atoms in total. The van der Waals surface area contributed by atoms with Crippen LogP contribution >= 0.6 is 0 Å². The van der Waals surface area contributed by atoms with Gasteiger partial charge in [-0.25, -0.2) is 8.93 Å². The van der Waals surface area contributed by atoms with Crippen LogP contribution < -0.4 is 9.03 Å². The molecule has 2 atom stereocenters. The van der Waals surface area contributed by atoms with Gasteiger partial charge in [0, 0.05) is 6.54 Å². The minimum Gasteiger partial charge on any atom is -0.275 e. The summed E-state index contributed by atoms with van der Waals surface area (Å²) in [5, 5.41) is 11.0. The summed E-state index contributed by atoms with van der Waals surface area (Å²) in [7, 11) is 0. The van der Waals surface area contributed by atoms with E-state index in [1.165, 1.54) is 0 Å². The zero-order valence-electron chi connectivity index (χ0n) is 12.5. The van der Waals surface area contributed by atoms with E-state index >= 15 is 0 Å². The Morgan fingerprint density at radius 2 is 2.10 bits per heavy atom. The van der Waals surface area contributed by atoms with Gasteiger partial charge >= 0.3 is 0 Å². The number of hydrogen-bond donors (Lipinski definition) is 1. The molecule has 0 saturated carbocycles. The van der Waals surface area contributed by atoms with Crippen LogP contribution in [0.25, 0.3) is 10.8 Å². The van der Waals surface area contributed by atoms with Gasteiger partial charge in [-0.1, -0.05) is 32.0 Å². The Hall–Kier alpha value is -1.90. The van der Waals surface area contributed by atoms with Crippen molar-refractivity contribution >= 4 is 27.6 Å². The summed E-state index contributed by atoms with van der Waals surface area (Å²) in [4.78, 5) is 0. The van der Waals surface area contributed by atoms with Crippen LogP contribution in [-0.4, -0.2) is 16.8 Å². The summed E-state index contributed by atoms with van der Waals surface area (Å²) < 4.78 is 16.7. The zero-order valence-corrected chi connectivity index (χ0v) is 13.3. The second-order valence-corrected chi connectivity index (χ2v) is 5.78. The molecule has 0 spiro atoms. The van der Waals surface area contributed by atoms with Crippen LogP contribution in [0, 0.1) is 11.3 Å². The molecule has 1 aliphatic rings. The van der Waals surface area contributed by atoms with E-state index in [1.807, 2.05) is 55.4 Å². The number of fused-ring (bicyclic) bond motifs is 1. The number of nitrogens with zero attached hydrogens (tertiary/aromatic N) is 2. The highest BCUT2D eigenvalue weighted by Gasteiger charge is 2.27. The molecule has 0 aromatic heterocycles. The van der Waals surface area contributed by atoms with Crippen LogP contribution in [0.15, 0.2) is 36.4 Å². The van der Waals surface area contributed by atoms with Crippen molar-refractivity contribution in [3.05, 3.63) is 42.0 Å².